The molecule has 3 rings (SSSR count). The molecule has 2 aromatic carbocycles. The van der Waals surface area contributed by atoms with E-state index in [4.69, 9.17) is 0 Å². The third kappa shape index (κ3) is 6.28. The van der Waals surface area contributed by atoms with E-state index in [1.54, 1.807) is 12.1 Å². The van der Waals surface area contributed by atoms with Gasteiger partial charge in [0.15, 0.2) is 5.78 Å². The Balaban J connectivity index is 1.45. The van der Waals surface area contributed by atoms with Gasteiger partial charge in [0.1, 0.15) is 5.82 Å². The van der Waals surface area contributed by atoms with Gasteiger partial charge in [-0.05, 0) is 93.6 Å². The van der Waals surface area contributed by atoms with E-state index in [0.29, 0.717) is 12.0 Å². The number of ketones is 1. The zero-order chi connectivity index (χ0) is 18.9. The Kier molecular flexibility index (Phi) is 7.58. The van der Waals surface area contributed by atoms with E-state index in [1.165, 1.54) is 68.6 Å². The SMILES string of the molecule is O=C(CCCc1ccccc1CCCN1CCCCC1)c1ccc(F)cc1. The summed E-state index contributed by atoms with van der Waals surface area (Å²) < 4.78 is 13.0. The van der Waals surface area contributed by atoms with Crippen LogP contribution in [0.25, 0.3) is 0 Å². The highest BCUT2D eigenvalue weighted by Crippen LogP contribution is 2.17. The molecule has 1 fully saturated rings. The summed E-state index contributed by atoms with van der Waals surface area (Å²) in [6.45, 7) is 3.71. The normalized spacial score (nSPS) is 15.0. The van der Waals surface area contributed by atoms with Crippen LogP contribution in [0.15, 0.2) is 48.5 Å². The summed E-state index contributed by atoms with van der Waals surface area (Å²) in [6.07, 6.45) is 8.65. The quantitative estimate of drug-likeness (QED) is 0.549. The van der Waals surface area contributed by atoms with Crippen molar-refractivity contribution in [2.45, 2.75) is 51.4 Å². The molecule has 1 aliphatic rings. The third-order valence-corrected chi connectivity index (χ3v) is 5.50. The molecule has 0 aliphatic carbocycles. The van der Waals surface area contributed by atoms with E-state index >= 15 is 0 Å². The van der Waals surface area contributed by atoms with E-state index < -0.39 is 0 Å². The van der Waals surface area contributed by atoms with Crippen molar-refractivity contribution in [2.24, 2.45) is 0 Å². The predicted molar refractivity (Wildman–Crippen MR) is 109 cm³/mol. The first-order chi connectivity index (χ1) is 13.2. The van der Waals surface area contributed by atoms with Crippen LogP contribution in [-0.2, 0) is 12.8 Å². The molecule has 27 heavy (non-hydrogen) atoms. The highest BCUT2D eigenvalue weighted by Gasteiger charge is 2.11. The molecule has 1 aliphatic heterocycles. The van der Waals surface area contributed by atoms with Gasteiger partial charge in [-0.1, -0.05) is 30.7 Å². The molecular formula is C24H30FNO. The van der Waals surface area contributed by atoms with Crippen LogP contribution in [0.4, 0.5) is 4.39 Å². The highest BCUT2D eigenvalue weighted by atomic mass is 19.1. The van der Waals surface area contributed by atoms with Gasteiger partial charge in [0.05, 0.1) is 0 Å². The summed E-state index contributed by atoms with van der Waals surface area (Å²) in [7, 11) is 0. The van der Waals surface area contributed by atoms with Gasteiger partial charge < -0.3 is 4.90 Å². The number of piperidine rings is 1. The van der Waals surface area contributed by atoms with E-state index in [0.717, 1.165) is 19.3 Å². The minimum Gasteiger partial charge on any atom is -0.303 e. The maximum atomic E-state index is 13.0. The van der Waals surface area contributed by atoms with Crippen LogP contribution in [0.2, 0.25) is 0 Å². The lowest BCUT2D eigenvalue weighted by Gasteiger charge is -2.26. The van der Waals surface area contributed by atoms with E-state index in [2.05, 4.69) is 29.2 Å². The van der Waals surface area contributed by atoms with Gasteiger partial charge in [-0.2, -0.15) is 0 Å². The number of carbonyl (C=O) groups excluding carboxylic acids is 1. The summed E-state index contributed by atoms with van der Waals surface area (Å²) in [4.78, 5) is 14.8. The van der Waals surface area contributed by atoms with Crippen LogP contribution in [0.5, 0.6) is 0 Å². The maximum absolute atomic E-state index is 13.0. The minimum atomic E-state index is -0.301. The molecule has 0 atom stereocenters. The Labute approximate surface area is 162 Å². The Hall–Kier alpha value is -2.00. The fourth-order valence-electron chi connectivity index (χ4n) is 3.94. The average molecular weight is 368 g/mol. The average Bonchev–Trinajstić information content (AvgIpc) is 2.70. The van der Waals surface area contributed by atoms with Gasteiger partial charge >= 0.3 is 0 Å². The van der Waals surface area contributed by atoms with Gasteiger partial charge in [0.2, 0.25) is 0 Å². The predicted octanol–water partition coefficient (Wildman–Crippen LogP) is 5.45. The van der Waals surface area contributed by atoms with Crippen LogP contribution in [-0.4, -0.2) is 30.3 Å². The van der Waals surface area contributed by atoms with Crippen molar-refractivity contribution in [1.29, 1.82) is 0 Å². The molecule has 2 nitrogen and oxygen atoms in total. The molecule has 3 heteroatoms. The number of hydrogen-bond donors (Lipinski definition) is 0. The first-order valence-corrected chi connectivity index (χ1v) is 10.3. The number of halogens is 1. The second-order valence-electron chi connectivity index (χ2n) is 7.56. The number of likely N-dealkylation sites (tertiary alicyclic amines) is 1. The minimum absolute atomic E-state index is 0.0950. The van der Waals surface area contributed by atoms with Gasteiger partial charge in [0.25, 0.3) is 0 Å². The fourth-order valence-corrected chi connectivity index (χ4v) is 3.94. The lowest BCUT2D eigenvalue weighted by atomic mass is 9.96. The summed E-state index contributed by atoms with van der Waals surface area (Å²) in [5.74, 6) is -0.206. The largest absolute Gasteiger partial charge is 0.303 e. The molecule has 0 N–H and O–H groups in total. The van der Waals surface area contributed by atoms with E-state index in [1.807, 2.05) is 0 Å². The lowest BCUT2D eigenvalue weighted by Crippen LogP contribution is -2.30. The molecule has 0 spiro atoms. The first-order valence-electron chi connectivity index (χ1n) is 10.3. The molecule has 0 saturated carbocycles. The van der Waals surface area contributed by atoms with Gasteiger partial charge in [-0.15, -0.1) is 0 Å². The molecule has 0 bridgehead atoms. The van der Waals surface area contributed by atoms with E-state index in [-0.39, 0.29) is 11.6 Å². The fraction of sp³-hybridized carbons (Fsp3) is 0.458. The monoisotopic (exact) mass is 367 g/mol. The van der Waals surface area contributed by atoms with Crippen LogP contribution < -0.4 is 0 Å². The molecule has 0 amide bonds. The lowest BCUT2D eigenvalue weighted by molar-refractivity contribution is 0.0980. The Morgan fingerprint density at radius 2 is 1.48 bits per heavy atom. The molecule has 0 unspecified atom stereocenters. The number of carbonyl (C=O) groups is 1. The molecule has 0 aromatic heterocycles. The summed E-state index contributed by atoms with van der Waals surface area (Å²) in [6, 6.07) is 14.5. The van der Waals surface area contributed by atoms with Crippen LogP contribution in [0.1, 0.15) is 60.0 Å². The summed E-state index contributed by atoms with van der Waals surface area (Å²) in [5, 5.41) is 0. The summed E-state index contributed by atoms with van der Waals surface area (Å²) >= 11 is 0. The highest BCUT2D eigenvalue weighted by molar-refractivity contribution is 5.95. The van der Waals surface area contributed by atoms with Crippen molar-refractivity contribution in [2.75, 3.05) is 19.6 Å². The maximum Gasteiger partial charge on any atom is 0.162 e. The Morgan fingerprint density at radius 1 is 0.852 bits per heavy atom. The van der Waals surface area contributed by atoms with E-state index in [9.17, 15) is 9.18 Å². The van der Waals surface area contributed by atoms with Crippen molar-refractivity contribution >= 4 is 5.78 Å². The molecule has 1 saturated heterocycles. The van der Waals surface area contributed by atoms with Crippen molar-refractivity contribution in [3.8, 4) is 0 Å². The van der Waals surface area contributed by atoms with Gasteiger partial charge in [-0.3, -0.25) is 4.79 Å². The molecule has 144 valence electrons. The number of rotatable bonds is 9. The van der Waals surface area contributed by atoms with Crippen molar-refractivity contribution in [1.82, 2.24) is 4.90 Å². The molecule has 2 aromatic rings. The van der Waals surface area contributed by atoms with Gasteiger partial charge in [0, 0.05) is 12.0 Å². The van der Waals surface area contributed by atoms with Crippen LogP contribution in [0, 0.1) is 5.82 Å². The Morgan fingerprint density at radius 3 is 2.15 bits per heavy atom. The van der Waals surface area contributed by atoms with Crippen LogP contribution in [0.3, 0.4) is 0 Å². The van der Waals surface area contributed by atoms with Crippen molar-refractivity contribution in [3.63, 3.8) is 0 Å². The second kappa shape index (κ2) is 10.4. The first kappa shape index (κ1) is 19.8. The molecule has 0 radical (unpaired) electrons. The molecular weight excluding hydrogens is 337 g/mol. The molecule has 1 heterocycles. The number of nitrogens with zero attached hydrogens (tertiary/aromatic N) is 1. The Bertz CT molecular complexity index is 719. The zero-order valence-corrected chi connectivity index (χ0v) is 16.1. The van der Waals surface area contributed by atoms with Crippen molar-refractivity contribution in [3.05, 3.63) is 71.0 Å². The van der Waals surface area contributed by atoms with Crippen LogP contribution >= 0.6 is 0 Å². The number of hydrogen-bond acceptors (Lipinski definition) is 2. The van der Waals surface area contributed by atoms with Crippen molar-refractivity contribution < 1.29 is 9.18 Å². The smallest absolute Gasteiger partial charge is 0.162 e. The number of Topliss-reactive ketones (excluding diaryl/α,β-unsaturated/α-hetero) is 1. The standard InChI is InChI=1S/C24H30FNO/c25-23-15-13-22(14-16-23)24(27)12-6-10-20-8-2-3-9-21(20)11-7-19-26-17-4-1-5-18-26/h2-3,8-9,13-16H,1,4-7,10-12,17-19H2. The third-order valence-electron chi connectivity index (χ3n) is 5.50. The zero-order valence-electron chi connectivity index (χ0n) is 16.1. The number of benzene rings is 2. The van der Waals surface area contributed by atoms with Gasteiger partial charge in [-0.25, -0.2) is 4.39 Å². The second-order valence-corrected chi connectivity index (χ2v) is 7.56. The number of aryl methyl sites for hydroxylation is 2. The summed E-state index contributed by atoms with van der Waals surface area (Å²) in [5.41, 5.74) is 3.39. The topological polar surface area (TPSA) is 20.3 Å².